The van der Waals surface area contributed by atoms with E-state index in [1.165, 1.54) is 23.5 Å². The first-order chi connectivity index (χ1) is 13.6. The van der Waals surface area contributed by atoms with Gasteiger partial charge in [-0.1, -0.05) is 0 Å². The van der Waals surface area contributed by atoms with Gasteiger partial charge in [0.1, 0.15) is 23.1 Å². The first kappa shape index (κ1) is 18.5. The average Bonchev–Trinajstić information content (AvgIpc) is 3.24. The lowest BCUT2D eigenvalue weighted by Crippen LogP contribution is -2.39. The van der Waals surface area contributed by atoms with Crippen molar-refractivity contribution in [2.75, 3.05) is 13.1 Å². The van der Waals surface area contributed by atoms with Gasteiger partial charge >= 0.3 is 0 Å². The molecule has 1 atom stereocenters. The van der Waals surface area contributed by atoms with Gasteiger partial charge in [-0.15, -0.1) is 11.3 Å². The van der Waals surface area contributed by atoms with Gasteiger partial charge < -0.3 is 9.64 Å². The van der Waals surface area contributed by atoms with Crippen molar-refractivity contribution in [3.63, 3.8) is 0 Å². The Bertz CT molecular complexity index is 963. The summed E-state index contributed by atoms with van der Waals surface area (Å²) in [7, 11) is 0. The van der Waals surface area contributed by atoms with Gasteiger partial charge in [-0.3, -0.25) is 4.79 Å². The average molecular weight is 398 g/mol. The molecule has 0 aliphatic carbocycles. The summed E-state index contributed by atoms with van der Waals surface area (Å²) in [4.78, 5) is 27.7. The molecule has 144 valence electrons. The Balaban J connectivity index is 1.52. The maximum absolute atomic E-state index is 13.1. The Morgan fingerprint density at radius 3 is 2.86 bits per heavy atom. The van der Waals surface area contributed by atoms with E-state index in [0.29, 0.717) is 36.2 Å². The van der Waals surface area contributed by atoms with Crippen LogP contribution < -0.4 is 4.74 Å². The molecule has 1 aromatic carbocycles. The lowest BCUT2D eigenvalue weighted by molar-refractivity contribution is 0.0699. The quantitative estimate of drug-likeness (QED) is 0.659. The second-order valence-electron chi connectivity index (χ2n) is 6.73. The molecule has 0 unspecified atom stereocenters. The summed E-state index contributed by atoms with van der Waals surface area (Å²) in [6, 6.07) is 7.54. The van der Waals surface area contributed by atoms with E-state index in [9.17, 15) is 9.18 Å². The summed E-state index contributed by atoms with van der Waals surface area (Å²) < 4.78 is 18.9. The SMILES string of the molecule is Cc1cc(Oc2ccc(F)cc2)nc([C@@H]2CCCN(C(=O)c3cscn3)C2)n1. The van der Waals surface area contributed by atoms with Crippen LogP contribution in [0.15, 0.2) is 41.2 Å². The zero-order valence-electron chi connectivity index (χ0n) is 15.3. The van der Waals surface area contributed by atoms with Crippen LogP contribution in [0.3, 0.4) is 0 Å². The van der Waals surface area contributed by atoms with Gasteiger partial charge in [0, 0.05) is 36.1 Å². The molecule has 3 aromatic rings. The fraction of sp³-hybridized carbons (Fsp3) is 0.300. The molecule has 0 spiro atoms. The molecule has 1 amide bonds. The van der Waals surface area contributed by atoms with Gasteiger partial charge in [0.2, 0.25) is 5.88 Å². The monoisotopic (exact) mass is 398 g/mol. The summed E-state index contributed by atoms with van der Waals surface area (Å²) in [5.74, 6) is 1.24. The fourth-order valence-electron chi connectivity index (χ4n) is 3.27. The van der Waals surface area contributed by atoms with Crippen LogP contribution in [0, 0.1) is 12.7 Å². The fourth-order valence-corrected chi connectivity index (χ4v) is 3.80. The van der Waals surface area contributed by atoms with Gasteiger partial charge in [0.25, 0.3) is 5.91 Å². The molecule has 4 rings (SSSR count). The highest BCUT2D eigenvalue weighted by atomic mass is 32.1. The second kappa shape index (κ2) is 8.02. The molecule has 0 bridgehead atoms. The molecule has 2 aromatic heterocycles. The molecule has 1 fully saturated rings. The van der Waals surface area contributed by atoms with Crippen molar-refractivity contribution < 1.29 is 13.9 Å². The normalized spacial score (nSPS) is 16.8. The second-order valence-corrected chi connectivity index (χ2v) is 7.44. The van der Waals surface area contributed by atoms with E-state index in [2.05, 4.69) is 15.0 Å². The smallest absolute Gasteiger partial charge is 0.273 e. The number of amides is 1. The number of aromatic nitrogens is 3. The third kappa shape index (κ3) is 4.17. The van der Waals surface area contributed by atoms with Crippen molar-refractivity contribution in [1.82, 2.24) is 19.9 Å². The van der Waals surface area contributed by atoms with E-state index >= 15 is 0 Å². The van der Waals surface area contributed by atoms with Crippen molar-refractivity contribution >= 4 is 17.2 Å². The Hall–Kier alpha value is -2.87. The number of hydrogen-bond acceptors (Lipinski definition) is 6. The van der Waals surface area contributed by atoms with Gasteiger partial charge in [0.15, 0.2) is 0 Å². The number of nitrogens with zero attached hydrogens (tertiary/aromatic N) is 4. The largest absolute Gasteiger partial charge is 0.439 e. The van der Waals surface area contributed by atoms with Crippen molar-refractivity contribution in [2.24, 2.45) is 0 Å². The number of thiazole rings is 1. The molecule has 28 heavy (non-hydrogen) atoms. The van der Waals surface area contributed by atoms with Crippen molar-refractivity contribution in [1.29, 1.82) is 0 Å². The minimum absolute atomic E-state index is 0.0341. The first-order valence-corrected chi connectivity index (χ1v) is 9.99. The molecule has 1 aliphatic heterocycles. The summed E-state index contributed by atoms with van der Waals surface area (Å²) in [6.07, 6.45) is 1.78. The van der Waals surface area contributed by atoms with Crippen LogP contribution in [0.25, 0.3) is 0 Å². The molecule has 6 nitrogen and oxygen atoms in total. The van der Waals surface area contributed by atoms with Gasteiger partial charge in [-0.2, -0.15) is 4.98 Å². The van der Waals surface area contributed by atoms with Gasteiger partial charge in [-0.05, 0) is 44.0 Å². The first-order valence-electron chi connectivity index (χ1n) is 9.05. The minimum atomic E-state index is -0.320. The molecule has 0 N–H and O–H groups in total. The topological polar surface area (TPSA) is 68.2 Å². The highest BCUT2D eigenvalue weighted by molar-refractivity contribution is 7.07. The number of ether oxygens (including phenoxy) is 1. The van der Waals surface area contributed by atoms with Crippen LogP contribution in [0.4, 0.5) is 4.39 Å². The molecule has 3 heterocycles. The predicted molar refractivity (Wildman–Crippen MR) is 103 cm³/mol. The number of piperidine rings is 1. The van der Waals surface area contributed by atoms with Crippen LogP contribution in [0.2, 0.25) is 0 Å². The molecular weight excluding hydrogens is 379 g/mol. The summed E-state index contributed by atoms with van der Waals surface area (Å²) in [6.45, 7) is 3.14. The summed E-state index contributed by atoms with van der Waals surface area (Å²) in [5, 5.41) is 1.77. The number of halogens is 1. The predicted octanol–water partition coefficient (Wildman–Crippen LogP) is 4.19. The number of likely N-dealkylation sites (tertiary alicyclic amines) is 1. The maximum Gasteiger partial charge on any atom is 0.273 e. The van der Waals surface area contributed by atoms with Crippen LogP contribution in [-0.2, 0) is 0 Å². The van der Waals surface area contributed by atoms with Crippen molar-refractivity contribution in [2.45, 2.75) is 25.7 Å². The molecule has 0 saturated carbocycles. The number of hydrogen-bond donors (Lipinski definition) is 0. The van der Waals surface area contributed by atoms with Crippen LogP contribution >= 0.6 is 11.3 Å². The van der Waals surface area contributed by atoms with E-state index in [4.69, 9.17) is 4.74 Å². The number of rotatable bonds is 4. The van der Waals surface area contributed by atoms with E-state index in [-0.39, 0.29) is 17.6 Å². The summed E-state index contributed by atoms with van der Waals surface area (Å²) in [5.41, 5.74) is 2.93. The molecule has 8 heteroatoms. The number of carbonyl (C=O) groups is 1. The maximum atomic E-state index is 13.1. The summed E-state index contributed by atoms with van der Waals surface area (Å²) >= 11 is 1.41. The third-order valence-corrected chi connectivity index (χ3v) is 5.20. The lowest BCUT2D eigenvalue weighted by Gasteiger charge is -2.31. The number of benzene rings is 1. The molecule has 1 aliphatic rings. The Labute approximate surface area is 166 Å². The van der Waals surface area contributed by atoms with Crippen LogP contribution in [-0.4, -0.2) is 38.8 Å². The Morgan fingerprint density at radius 1 is 1.29 bits per heavy atom. The number of aryl methyl sites for hydroxylation is 1. The van der Waals surface area contributed by atoms with Crippen LogP contribution in [0.1, 0.15) is 40.8 Å². The Kier molecular flexibility index (Phi) is 5.29. The molecule has 1 saturated heterocycles. The minimum Gasteiger partial charge on any atom is -0.439 e. The van der Waals surface area contributed by atoms with Crippen LogP contribution in [0.5, 0.6) is 11.6 Å². The Morgan fingerprint density at radius 2 is 2.11 bits per heavy atom. The van der Waals surface area contributed by atoms with Gasteiger partial charge in [-0.25, -0.2) is 14.4 Å². The third-order valence-electron chi connectivity index (χ3n) is 4.61. The van der Waals surface area contributed by atoms with Gasteiger partial charge in [0.05, 0.1) is 5.51 Å². The van der Waals surface area contributed by atoms with E-state index in [1.54, 1.807) is 29.1 Å². The molecule has 0 radical (unpaired) electrons. The zero-order chi connectivity index (χ0) is 19.5. The van der Waals surface area contributed by atoms with E-state index < -0.39 is 0 Å². The highest BCUT2D eigenvalue weighted by Crippen LogP contribution is 2.28. The standard InChI is InChI=1S/C20H19FN4O2S/c1-13-9-18(27-16-6-4-15(21)5-7-16)24-19(23-13)14-3-2-8-25(10-14)20(26)17-11-28-12-22-17/h4-7,9,11-12,14H,2-3,8,10H2,1H3/t14-/m1/s1. The lowest BCUT2D eigenvalue weighted by atomic mass is 9.97. The van der Waals surface area contributed by atoms with Crippen molar-refractivity contribution in [3.8, 4) is 11.6 Å². The molecular formula is C20H19FN4O2S. The van der Waals surface area contributed by atoms with Crippen molar-refractivity contribution in [3.05, 3.63) is 64.3 Å². The zero-order valence-corrected chi connectivity index (χ0v) is 16.2. The highest BCUT2D eigenvalue weighted by Gasteiger charge is 2.28. The van der Waals surface area contributed by atoms with E-state index in [1.807, 2.05) is 11.8 Å². The van der Waals surface area contributed by atoms with E-state index in [0.717, 1.165) is 18.5 Å². The number of carbonyl (C=O) groups excluding carboxylic acids is 1.